The summed E-state index contributed by atoms with van der Waals surface area (Å²) < 4.78 is 5.49. The van der Waals surface area contributed by atoms with Gasteiger partial charge in [0.25, 0.3) is 0 Å². The van der Waals surface area contributed by atoms with E-state index >= 15 is 0 Å². The Bertz CT molecular complexity index is 476. The molecule has 116 valence electrons. The molecule has 0 spiro atoms. The van der Waals surface area contributed by atoms with Crippen LogP contribution >= 0.6 is 0 Å². The highest BCUT2D eigenvalue weighted by Gasteiger charge is 2.37. The second kappa shape index (κ2) is 6.07. The van der Waals surface area contributed by atoms with Crippen molar-refractivity contribution in [1.82, 2.24) is 4.90 Å². The average molecular weight is 288 g/mol. The van der Waals surface area contributed by atoms with E-state index in [1.165, 1.54) is 30.4 Å². The normalized spacial score (nSPS) is 22.8. The van der Waals surface area contributed by atoms with Crippen molar-refractivity contribution in [1.29, 1.82) is 0 Å². The maximum Gasteiger partial charge on any atom is 0.0594 e. The Balaban J connectivity index is 1.84. The van der Waals surface area contributed by atoms with Crippen molar-refractivity contribution in [3.8, 4) is 0 Å². The van der Waals surface area contributed by atoms with Crippen LogP contribution in [0.15, 0.2) is 24.3 Å². The number of rotatable bonds is 4. The van der Waals surface area contributed by atoms with Crippen molar-refractivity contribution in [2.75, 3.05) is 26.3 Å². The van der Waals surface area contributed by atoms with E-state index in [0.717, 1.165) is 32.2 Å². The van der Waals surface area contributed by atoms with E-state index in [2.05, 4.69) is 43.0 Å². The molecule has 1 aromatic rings. The molecule has 1 saturated carbocycles. The van der Waals surface area contributed by atoms with Crippen LogP contribution in [0.1, 0.15) is 56.2 Å². The summed E-state index contributed by atoms with van der Waals surface area (Å²) in [5.41, 5.74) is 9.53. The van der Waals surface area contributed by atoms with Gasteiger partial charge in [0.1, 0.15) is 0 Å². The molecule has 2 fully saturated rings. The Morgan fingerprint density at radius 1 is 1.19 bits per heavy atom. The monoisotopic (exact) mass is 288 g/mol. The van der Waals surface area contributed by atoms with Gasteiger partial charge in [-0.1, -0.05) is 30.7 Å². The Morgan fingerprint density at radius 3 is 2.48 bits per heavy atom. The Morgan fingerprint density at radius 2 is 1.86 bits per heavy atom. The summed E-state index contributed by atoms with van der Waals surface area (Å²) in [4.78, 5) is 2.48. The number of hydrogen-bond acceptors (Lipinski definition) is 3. The first-order chi connectivity index (χ1) is 10.1. The average Bonchev–Trinajstić information content (AvgIpc) is 2.46. The lowest BCUT2D eigenvalue weighted by Gasteiger charge is -2.45. The van der Waals surface area contributed by atoms with Crippen LogP contribution in [-0.2, 0) is 4.74 Å². The molecule has 0 aromatic heterocycles. The highest BCUT2D eigenvalue weighted by atomic mass is 16.5. The minimum absolute atomic E-state index is 0.0381. The zero-order valence-electron chi connectivity index (χ0n) is 13.3. The van der Waals surface area contributed by atoms with E-state index in [0.29, 0.717) is 0 Å². The van der Waals surface area contributed by atoms with Gasteiger partial charge in [-0.05, 0) is 43.7 Å². The number of nitrogens with two attached hydrogens (primary N) is 1. The van der Waals surface area contributed by atoms with E-state index < -0.39 is 0 Å². The van der Waals surface area contributed by atoms with Crippen LogP contribution in [0.2, 0.25) is 0 Å². The SMILES string of the molecule is CC(C)(C(N)c1ccccc1C1CCC1)N1CCOCC1. The fourth-order valence-corrected chi connectivity index (χ4v) is 3.60. The quantitative estimate of drug-likeness (QED) is 0.925. The molecule has 3 heteroatoms. The number of hydrogen-bond donors (Lipinski definition) is 1. The van der Waals surface area contributed by atoms with Gasteiger partial charge in [-0.15, -0.1) is 0 Å². The largest absolute Gasteiger partial charge is 0.379 e. The number of morpholine rings is 1. The third-order valence-corrected chi connectivity index (χ3v) is 5.46. The third-order valence-electron chi connectivity index (χ3n) is 5.46. The molecule has 0 bridgehead atoms. The van der Waals surface area contributed by atoms with E-state index in [1.807, 2.05) is 0 Å². The standard InChI is InChI=1S/C18H28N2O/c1-18(2,20-10-12-21-13-11-20)17(19)16-9-4-3-8-15(16)14-6-5-7-14/h3-4,8-9,14,17H,5-7,10-13,19H2,1-2H3. The Labute approximate surface area is 128 Å². The topological polar surface area (TPSA) is 38.5 Å². The Hall–Kier alpha value is -0.900. The molecule has 1 aliphatic carbocycles. The number of ether oxygens (including phenoxy) is 1. The zero-order valence-corrected chi connectivity index (χ0v) is 13.3. The first kappa shape index (κ1) is 15.0. The van der Waals surface area contributed by atoms with Crippen molar-refractivity contribution < 1.29 is 4.74 Å². The van der Waals surface area contributed by atoms with Gasteiger partial charge in [0, 0.05) is 24.7 Å². The fourth-order valence-electron chi connectivity index (χ4n) is 3.60. The molecule has 1 aliphatic heterocycles. The van der Waals surface area contributed by atoms with Crippen molar-refractivity contribution in [3.63, 3.8) is 0 Å². The third kappa shape index (κ3) is 2.87. The first-order valence-corrected chi connectivity index (χ1v) is 8.28. The van der Waals surface area contributed by atoms with Crippen LogP contribution in [0.5, 0.6) is 0 Å². The van der Waals surface area contributed by atoms with Crippen LogP contribution in [0, 0.1) is 0 Å². The maximum atomic E-state index is 6.74. The number of benzene rings is 1. The molecule has 3 rings (SSSR count). The van der Waals surface area contributed by atoms with E-state index in [-0.39, 0.29) is 11.6 Å². The summed E-state index contributed by atoms with van der Waals surface area (Å²) in [6, 6.07) is 8.86. The smallest absolute Gasteiger partial charge is 0.0594 e. The minimum Gasteiger partial charge on any atom is -0.379 e. The Kier molecular flexibility index (Phi) is 4.34. The van der Waals surface area contributed by atoms with Crippen LogP contribution < -0.4 is 5.73 Å². The van der Waals surface area contributed by atoms with Gasteiger partial charge in [0.2, 0.25) is 0 Å². The van der Waals surface area contributed by atoms with E-state index in [9.17, 15) is 0 Å². The summed E-state index contributed by atoms with van der Waals surface area (Å²) >= 11 is 0. The predicted octanol–water partition coefficient (Wildman–Crippen LogP) is 3.06. The summed E-state index contributed by atoms with van der Waals surface area (Å²) in [5, 5.41) is 0. The minimum atomic E-state index is -0.0381. The van der Waals surface area contributed by atoms with Crippen LogP contribution in [0.25, 0.3) is 0 Å². The molecule has 1 heterocycles. The van der Waals surface area contributed by atoms with Crippen LogP contribution in [-0.4, -0.2) is 36.7 Å². The highest BCUT2D eigenvalue weighted by molar-refractivity contribution is 5.35. The molecule has 3 nitrogen and oxygen atoms in total. The van der Waals surface area contributed by atoms with Crippen molar-refractivity contribution in [2.24, 2.45) is 5.73 Å². The molecule has 1 saturated heterocycles. The number of nitrogens with zero attached hydrogens (tertiary/aromatic N) is 1. The maximum absolute atomic E-state index is 6.74. The van der Waals surface area contributed by atoms with Crippen LogP contribution in [0.4, 0.5) is 0 Å². The van der Waals surface area contributed by atoms with Gasteiger partial charge in [-0.25, -0.2) is 0 Å². The van der Waals surface area contributed by atoms with Crippen molar-refractivity contribution in [3.05, 3.63) is 35.4 Å². The summed E-state index contributed by atoms with van der Waals surface area (Å²) in [7, 11) is 0. The first-order valence-electron chi connectivity index (χ1n) is 8.28. The van der Waals surface area contributed by atoms with Gasteiger partial charge in [0.15, 0.2) is 0 Å². The fraction of sp³-hybridized carbons (Fsp3) is 0.667. The molecule has 0 amide bonds. The molecule has 1 atom stereocenters. The van der Waals surface area contributed by atoms with Gasteiger partial charge in [-0.2, -0.15) is 0 Å². The second-order valence-electron chi connectivity index (χ2n) is 6.99. The molecule has 2 N–H and O–H groups in total. The lowest BCUT2D eigenvalue weighted by molar-refractivity contribution is -0.0192. The van der Waals surface area contributed by atoms with Gasteiger partial charge >= 0.3 is 0 Å². The van der Waals surface area contributed by atoms with Gasteiger partial charge in [0.05, 0.1) is 13.2 Å². The summed E-state index contributed by atoms with van der Waals surface area (Å²) in [6.45, 7) is 8.15. The summed E-state index contributed by atoms with van der Waals surface area (Å²) in [5.74, 6) is 0.729. The molecular formula is C18H28N2O. The zero-order chi connectivity index (χ0) is 14.9. The predicted molar refractivity (Wildman–Crippen MR) is 86.4 cm³/mol. The molecule has 2 aliphatic rings. The summed E-state index contributed by atoms with van der Waals surface area (Å²) in [6.07, 6.45) is 4.00. The molecule has 21 heavy (non-hydrogen) atoms. The molecule has 0 radical (unpaired) electrons. The lowest BCUT2D eigenvalue weighted by atomic mass is 9.75. The van der Waals surface area contributed by atoms with E-state index in [4.69, 9.17) is 10.5 Å². The van der Waals surface area contributed by atoms with Crippen LogP contribution in [0.3, 0.4) is 0 Å². The highest BCUT2D eigenvalue weighted by Crippen LogP contribution is 2.41. The van der Waals surface area contributed by atoms with Gasteiger partial charge in [-0.3, -0.25) is 4.90 Å². The lowest BCUT2D eigenvalue weighted by Crippen LogP contribution is -2.55. The molecule has 1 aromatic carbocycles. The van der Waals surface area contributed by atoms with Crippen molar-refractivity contribution in [2.45, 2.75) is 50.6 Å². The second-order valence-corrected chi connectivity index (χ2v) is 6.99. The van der Waals surface area contributed by atoms with Gasteiger partial charge < -0.3 is 10.5 Å². The van der Waals surface area contributed by atoms with E-state index in [1.54, 1.807) is 0 Å². The van der Waals surface area contributed by atoms with Crippen molar-refractivity contribution >= 4 is 0 Å². The molecule has 1 unspecified atom stereocenters. The molecular weight excluding hydrogens is 260 g/mol.